The Hall–Kier alpha value is -2.00. The summed E-state index contributed by atoms with van der Waals surface area (Å²) >= 11 is 0. The second kappa shape index (κ2) is 7.14. The molecule has 0 aliphatic carbocycles. The molecule has 3 rings (SSSR count). The molecule has 3 nitrogen and oxygen atoms in total. The predicted molar refractivity (Wildman–Crippen MR) is 85.0 cm³/mol. The van der Waals surface area contributed by atoms with E-state index in [4.69, 9.17) is 9.47 Å². The van der Waals surface area contributed by atoms with E-state index in [1.54, 1.807) is 0 Å². The van der Waals surface area contributed by atoms with Crippen LogP contribution in [0.15, 0.2) is 54.6 Å². The van der Waals surface area contributed by atoms with Crippen molar-refractivity contribution in [3.8, 4) is 11.5 Å². The molecule has 1 heterocycles. The number of anilines is 1. The van der Waals surface area contributed by atoms with E-state index < -0.39 is 0 Å². The minimum atomic E-state index is 0.721. The zero-order valence-corrected chi connectivity index (χ0v) is 12.1. The summed E-state index contributed by atoms with van der Waals surface area (Å²) in [5.41, 5.74) is 1.14. The van der Waals surface area contributed by atoms with E-state index in [2.05, 4.69) is 17.4 Å². The highest BCUT2D eigenvalue weighted by Crippen LogP contribution is 2.23. The van der Waals surface area contributed by atoms with E-state index >= 15 is 0 Å². The molecule has 110 valence electrons. The van der Waals surface area contributed by atoms with Crippen LogP contribution in [-0.2, 0) is 4.74 Å². The molecule has 1 aliphatic rings. The smallest absolute Gasteiger partial charge is 0.127 e. The SMILES string of the molecule is c1ccc(Oc2ccc(NCC3CCOCC3)cc2)cc1. The molecule has 0 radical (unpaired) electrons. The molecule has 1 N–H and O–H groups in total. The van der Waals surface area contributed by atoms with Crippen LogP contribution in [0.5, 0.6) is 11.5 Å². The summed E-state index contributed by atoms with van der Waals surface area (Å²) in [5, 5.41) is 3.49. The van der Waals surface area contributed by atoms with Gasteiger partial charge in [-0.15, -0.1) is 0 Å². The molecule has 2 aromatic rings. The highest BCUT2D eigenvalue weighted by Gasteiger charge is 2.13. The molecule has 0 amide bonds. The topological polar surface area (TPSA) is 30.5 Å². The molecule has 0 saturated carbocycles. The molecule has 1 aliphatic heterocycles. The second-order valence-corrected chi connectivity index (χ2v) is 5.38. The summed E-state index contributed by atoms with van der Waals surface area (Å²) < 4.78 is 11.2. The Bertz CT molecular complexity index is 533. The molecular weight excluding hydrogens is 262 g/mol. The third-order valence-electron chi connectivity index (χ3n) is 3.77. The van der Waals surface area contributed by atoms with Crippen molar-refractivity contribution in [2.24, 2.45) is 5.92 Å². The van der Waals surface area contributed by atoms with Crippen LogP contribution in [0.3, 0.4) is 0 Å². The fraction of sp³-hybridized carbons (Fsp3) is 0.333. The summed E-state index contributed by atoms with van der Waals surface area (Å²) in [4.78, 5) is 0. The van der Waals surface area contributed by atoms with Crippen LogP contribution in [0.2, 0.25) is 0 Å². The Kier molecular flexibility index (Phi) is 4.74. The number of benzene rings is 2. The number of hydrogen-bond donors (Lipinski definition) is 1. The molecule has 0 bridgehead atoms. The number of ether oxygens (including phenoxy) is 2. The molecule has 0 spiro atoms. The molecule has 0 atom stereocenters. The molecule has 2 aromatic carbocycles. The Morgan fingerprint density at radius 1 is 0.905 bits per heavy atom. The van der Waals surface area contributed by atoms with Gasteiger partial charge in [0.05, 0.1) is 0 Å². The molecule has 3 heteroatoms. The maximum atomic E-state index is 5.78. The van der Waals surface area contributed by atoms with Gasteiger partial charge in [-0.25, -0.2) is 0 Å². The van der Waals surface area contributed by atoms with E-state index in [0.29, 0.717) is 0 Å². The quantitative estimate of drug-likeness (QED) is 0.886. The highest BCUT2D eigenvalue weighted by molar-refractivity contribution is 5.47. The van der Waals surface area contributed by atoms with Crippen LogP contribution in [0, 0.1) is 5.92 Å². The molecule has 0 aromatic heterocycles. The van der Waals surface area contributed by atoms with Gasteiger partial charge in [0.25, 0.3) is 0 Å². The Balaban J connectivity index is 1.51. The molecule has 1 saturated heterocycles. The highest BCUT2D eigenvalue weighted by atomic mass is 16.5. The first-order valence-electron chi connectivity index (χ1n) is 7.55. The Morgan fingerprint density at radius 3 is 2.29 bits per heavy atom. The number of rotatable bonds is 5. The lowest BCUT2D eigenvalue weighted by molar-refractivity contribution is 0.0699. The van der Waals surface area contributed by atoms with Gasteiger partial charge in [0.15, 0.2) is 0 Å². The van der Waals surface area contributed by atoms with Gasteiger partial charge in [-0.1, -0.05) is 18.2 Å². The summed E-state index contributed by atoms with van der Waals surface area (Å²) in [5.74, 6) is 2.44. The number of para-hydroxylation sites is 1. The molecule has 21 heavy (non-hydrogen) atoms. The average Bonchev–Trinajstić information content (AvgIpc) is 2.56. The average molecular weight is 283 g/mol. The van der Waals surface area contributed by atoms with Gasteiger partial charge < -0.3 is 14.8 Å². The van der Waals surface area contributed by atoms with Crippen molar-refractivity contribution < 1.29 is 9.47 Å². The Labute approximate surface area is 125 Å². The number of hydrogen-bond acceptors (Lipinski definition) is 3. The van der Waals surface area contributed by atoms with Crippen molar-refractivity contribution in [2.75, 3.05) is 25.1 Å². The lowest BCUT2D eigenvalue weighted by Gasteiger charge is -2.22. The fourth-order valence-corrected chi connectivity index (χ4v) is 2.48. The minimum Gasteiger partial charge on any atom is -0.457 e. The van der Waals surface area contributed by atoms with Crippen LogP contribution in [-0.4, -0.2) is 19.8 Å². The lowest BCUT2D eigenvalue weighted by Crippen LogP contribution is -2.22. The van der Waals surface area contributed by atoms with Crippen LogP contribution >= 0.6 is 0 Å². The maximum Gasteiger partial charge on any atom is 0.127 e. The summed E-state index contributed by atoms with van der Waals surface area (Å²) in [6, 6.07) is 18.0. The molecule has 0 unspecified atom stereocenters. The summed E-state index contributed by atoms with van der Waals surface area (Å²) in [7, 11) is 0. The standard InChI is InChI=1S/C18H21NO2/c1-2-4-17(5-3-1)21-18-8-6-16(7-9-18)19-14-15-10-12-20-13-11-15/h1-9,15,19H,10-14H2. The van der Waals surface area contributed by atoms with Gasteiger partial charge >= 0.3 is 0 Å². The summed E-state index contributed by atoms with van der Waals surface area (Å²) in [6.45, 7) is 2.81. The monoisotopic (exact) mass is 283 g/mol. The van der Waals surface area contributed by atoms with E-state index in [9.17, 15) is 0 Å². The third-order valence-corrected chi connectivity index (χ3v) is 3.77. The van der Waals surface area contributed by atoms with Gasteiger partial charge in [-0.3, -0.25) is 0 Å². The van der Waals surface area contributed by atoms with Crippen LogP contribution in [0.25, 0.3) is 0 Å². The number of nitrogens with one attached hydrogen (secondary N) is 1. The van der Waals surface area contributed by atoms with Crippen molar-refractivity contribution >= 4 is 5.69 Å². The van der Waals surface area contributed by atoms with Crippen LogP contribution in [0.4, 0.5) is 5.69 Å². The molecular formula is C18H21NO2. The van der Waals surface area contributed by atoms with Gasteiger partial charge in [-0.2, -0.15) is 0 Å². The van der Waals surface area contributed by atoms with Gasteiger partial charge in [-0.05, 0) is 55.2 Å². The molecule has 1 fully saturated rings. The summed E-state index contributed by atoms with van der Waals surface area (Å²) in [6.07, 6.45) is 2.31. The van der Waals surface area contributed by atoms with Gasteiger partial charge in [0, 0.05) is 25.4 Å². The maximum absolute atomic E-state index is 5.78. The zero-order valence-electron chi connectivity index (χ0n) is 12.1. The predicted octanol–water partition coefficient (Wildman–Crippen LogP) is 4.32. The van der Waals surface area contributed by atoms with E-state index in [0.717, 1.165) is 55.7 Å². The first-order chi connectivity index (χ1) is 10.4. The normalized spacial score (nSPS) is 15.6. The zero-order chi connectivity index (χ0) is 14.3. The van der Waals surface area contributed by atoms with Gasteiger partial charge in [0.1, 0.15) is 11.5 Å². The Morgan fingerprint density at radius 2 is 1.57 bits per heavy atom. The first-order valence-corrected chi connectivity index (χ1v) is 7.55. The van der Waals surface area contributed by atoms with Crippen molar-refractivity contribution in [3.05, 3.63) is 54.6 Å². The van der Waals surface area contributed by atoms with Crippen LogP contribution in [0.1, 0.15) is 12.8 Å². The van der Waals surface area contributed by atoms with Crippen molar-refractivity contribution in [3.63, 3.8) is 0 Å². The van der Waals surface area contributed by atoms with Gasteiger partial charge in [0.2, 0.25) is 0 Å². The third kappa shape index (κ3) is 4.23. The van der Waals surface area contributed by atoms with E-state index in [1.807, 2.05) is 42.5 Å². The largest absolute Gasteiger partial charge is 0.457 e. The van der Waals surface area contributed by atoms with Crippen molar-refractivity contribution in [1.29, 1.82) is 0 Å². The second-order valence-electron chi connectivity index (χ2n) is 5.38. The van der Waals surface area contributed by atoms with Crippen LogP contribution < -0.4 is 10.1 Å². The van der Waals surface area contributed by atoms with E-state index in [-0.39, 0.29) is 0 Å². The fourth-order valence-electron chi connectivity index (χ4n) is 2.48. The van der Waals surface area contributed by atoms with Crippen molar-refractivity contribution in [2.45, 2.75) is 12.8 Å². The first kappa shape index (κ1) is 14.0. The lowest BCUT2D eigenvalue weighted by atomic mass is 10.0. The van der Waals surface area contributed by atoms with E-state index in [1.165, 1.54) is 0 Å². The minimum absolute atomic E-state index is 0.721. The van der Waals surface area contributed by atoms with Crippen molar-refractivity contribution in [1.82, 2.24) is 0 Å².